The van der Waals surface area contributed by atoms with E-state index in [-0.39, 0.29) is 23.9 Å². The number of carboxylic acid groups (broad SMARTS) is 1. The molecule has 0 aliphatic rings. The number of aromatic nitrogens is 8. The summed E-state index contributed by atoms with van der Waals surface area (Å²) < 4.78 is 7.18. The first-order valence-corrected chi connectivity index (χ1v) is 13.1. The van der Waals surface area contributed by atoms with Crippen molar-refractivity contribution >= 4 is 23.0 Å². The number of carbonyl (C=O) groups is 1. The summed E-state index contributed by atoms with van der Waals surface area (Å²) in [7, 11) is 0. The summed E-state index contributed by atoms with van der Waals surface area (Å²) in [6, 6.07) is 7.77. The number of hydrogen-bond acceptors (Lipinski definition) is 10. The van der Waals surface area contributed by atoms with Crippen LogP contribution in [0.3, 0.4) is 0 Å². The molecule has 208 valence electrons. The van der Waals surface area contributed by atoms with E-state index in [1.54, 1.807) is 4.57 Å². The van der Waals surface area contributed by atoms with Crippen molar-refractivity contribution < 1.29 is 14.6 Å². The fraction of sp³-hybridized carbons (Fsp3) is 0.480. The summed E-state index contributed by atoms with van der Waals surface area (Å²) in [5.74, 6) is -0.0559. The van der Waals surface area contributed by atoms with Gasteiger partial charge in [-0.2, -0.15) is 15.2 Å². The number of nitrogens with one attached hydrogen (secondary N) is 2. The van der Waals surface area contributed by atoms with Crippen LogP contribution in [0, 0.1) is 0 Å². The van der Waals surface area contributed by atoms with Crippen LogP contribution in [0.2, 0.25) is 0 Å². The first-order valence-electron chi connectivity index (χ1n) is 13.1. The molecule has 5 N–H and O–H groups in total. The predicted molar refractivity (Wildman–Crippen MR) is 143 cm³/mol. The molecule has 0 unspecified atom stereocenters. The Hall–Kier alpha value is -4.33. The number of fused-ring (bicyclic) bond motifs is 1. The van der Waals surface area contributed by atoms with E-state index in [4.69, 9.17) is 15.6 Å². The SMILES string of the molecule is CCCCOc1nc(N)c2[nH]c(=O)n(CCCCN(CCc3nn[nH]n3)Cc3cccc(CC(=O)O)c3)c2n1. The minimum absolute atomic E-state index is 0.0184. The van der Waals surface area contributed by atoms with Gasteiger partial charge in [0.15, 0.2) is 17.3 Å². The van der Waals surface area contributed by atoms with Gasteiger partial charge < -0.3 is 20.6 Å². The monoisotopic (exact) mass is 538 g/mol. The summed E-state index contributed by atoms with van der Waals surface area (Å²) >= 11 is 0. The standard InChI is InChI=1S/C25H34N10O4/c1-2-3-13-39-24-28-22(26)21-23(29-24)35(25(38)27-21)11-5-4-10-34(12-9-19-30-32-33-31-19)16-18-8-6-7-17(14-18)15-20(36)37/h6-8,14H,2-5,9-13,15-16H2,1H3,(H,27,38)(H,36,37)(H2,26,28,29)(H,30,31,32,33). The van der Waals surface area contributed by atoms with Crippen molar-refractivity contribution in [3.63, 3.8) is 0 Å². The maximum atomic E-state index is 12.6. The number of nitrogens with two attached hydrogens (primary N) is 1. The number of unbranched alkanes of at least 4 members (excludes halogenated alkanes) is 2. The number of rotatable bonds is 16. The Kier molecular flexibility index (Phi) is 9.56. The van der Waals surface area contributed by atoms with Crippen molar-refractivity contribution in [3.8, 4) is 6.01 Å². The number of imidazole rings is 1. The van der Waals surface area contributed by atoms with Crippen LogP contribution in [0.15, 0.2) is 29.1 Å². The van der Waals surface area contributed by atoms with E-state index in [0.717, 1.165) is 43.4 Å². The zero-order chi connectivity index (χ0) is 27.6. The number of nitrogens with zero attached hydrogens (tertiary/aromatic N) is 7. The van der Waals surface area contributed by atoms with Gasteiger partial charge in [0.05, 0.1) is 13.0 Å². The maximum absolute atomic E-state index is 12.6. The van der Waals surface area contributed by atoms with Gasteiger partial charge in [0.1, 0.15) is 5.52 Å². The number of carboxylic acids is 1. The third-order valence-electron chi connectivity index (χ3n) is 6.26. The number of benzene rings is 1. The van der Waals surface area contributed by atoms with Crippen molar-refractivity contribution in [1.29, 1.82) is 0 Å². The second-order valence-electron chi connectivity index (χ2n) is 9.33. The smallest absolute Gasteiger partial charge is 0.327 e. The van der Waals surface area contributed by atoms with Crippen LogP contribution in [0.4, 0.5) is 5.82 Å². The molecule has 14 nitrogen and oxygen atoms in total. The Morgan fingerprint density at radius 3 is 2.79 bits per heavy atom. The van der Waals surface area contributed by atoms with E-state index in [2.05, 4.69) is 47.4 Å². The fourth-order valence-electron chi connectivity index (χ4n) is 4.30. The number of anilines is 1. The molecule has 39 heavy (non-hydrogen) atoms. The average Bonchev–Trinajstić information content (AvgIpc) is 3.53. The summed E-state index contributed by atoms with van der Waals surface area (Å²) in [5, 5.41) is 23.3. The molecule has 4 aromatic rings. The number of H-pyrrole nitrogens is 2. The van der Waals surface area contributed by atoms with Gasteiger partial charge in [0, 0.05) is 26.1 Å². The molecule has 0 amide bonds. The topological polar surface area (TPSA) is 194 Å². The van der Waals surface area contributed by atoms with Crippen molar-refractivity contribution in [2.24, 2.45) is 0 Å². The molecule has 14 heteroatoms. The molecule has 0 saturated carbocycles. The molecule has 0 fully saturated rings. The quantitative estimate of drug-likeness (QED) is 0.151. The minimum atomic E-state index is -0.861. The molecule has 1 aromatic carbocycles. The van der Waals surface area contributed by atoms with Crippen molar-refractivity contribution in [3.05, 3.63) is 51.7 Å². The Labute approximate surface area is 224 Å². The normalized spacial score (nSPS) is 11.4. The van der Waals surface area contributed by atoms with Crippen LogP contribution in [0.25, 0.3) is 11.2 Å². The number of aryl methyl sites for hydroxylation is 1. The highest BCUT2D eigenvalue weighted by Crippen LogP contribution is 2.18. The molecule has 3 aromatic heterocycles. The summed E-state index contributed by atoms with van der Waals surface area (Å²) in [5.41, 5.74) is 8.39. The maximum Gasteiger partial charge on any atom is 0.327 e. The zero-order valence-electron chi connectivity index (χ0n) is 22.0. The van der Waals surface area contributed by atoms with E-state index < -0.39 is 5.97 Å². The van der Waals surface area contributed by atoms with Gasteiger partial charge in [0.25, 0.3) is 0 Å². The van der Waals surface area contributed by atoms with Gasteiger partial charge in [-0.25, -0.2) is 4.79 Å². The molecule has 0 saturated heterocycles. The van der Waals surface area contributed by atoms with Gasteiger partial charge in [-0.15, -0.1) is 10.2 Å². The number of aromatic amines is 2. The van der Waals surface area contributed by atoms with Crippen LogP contribution >= 0.6 is 0 Å². The molecular formula is C25H34N10O4. The second-order valence-corrected chi connectivity index (χ2v) is 9.33. The average molecular weight is 539 g/mol. The van der Waals surface area contributed by atoms with Crippen LogP contribution in [0.1, 0.15) is 49.6 Å². The fourth-order valence-corrected chi connectivity index (χ4v) is 4.30. The first kappa shape index (κ1) is 27.7. The summed E-state index contributed by atoms with van der Waals surface area (Å²) in [6.07, 6.45) is 3.97. The largest absolute Gasteiger partial charge is 0.481 e. The van der Waals surface area contributed by atoms with Crippen molar-refractivity contribution in [2.45, 2.75) is 58.5 Å². The third-order valence-corrected chi connectivity index (χ3v) is 6.26. The predicted octanol–water partition coefficient (Wildman–Crippen LogP) is 1.55. The first-order chi connectivity index (χ1) is 18.9. The van der Waals surface area contributed by atoms with Gasteiger partial charge in [-0.05, 0) is 36.9 Å². The van der Waals surface area contributed by atoms with Crippen LogP contribution in [-0.4, -0.2) is 75.8 Å². The van der Waals surface area contributed by atoms with E-state index in [9.17, 15) is 9.59 Å². The summed E-state index contributed by atoms with van der Waals surface area (Å²) in [6.45, 7) is 5.08. The van der Waals surface area contributed by atoms with Crippen molar-refractivity contribution in [1.82, 2.24) is 45.0 Å². The van der Waals surface area contributed by atoms with Gasteiger partial charge >= 0.3 is 17.7 Å². The third kappa shape index (κ3) is 7.83. The molecule has 0 aliphatic carbocycles. The number of aliphatic carboxylic acids is 1. The number of tetrazole rings is 1. The highest BCUT2D eigenvalue weighted by molar-refractivity contribution is 5.81. The Morgan fingerprint density at radius 2 is 2.03 bits per heavy atom. The highest BCUT2D eigenvalue weighted by atomic mass is 16.5. The Morgan fingerprint density at radius 1 is 1.18 bits per heavy atom. The summed E-state index contributed by atoms with van der Waals surface area (Å²) in [4.78, 5) is 37.4. The van der Waals surface area contributed by atoms with Crippen LogP contribution in [-0.2, 0) is 30.7 Å². The van der Waals surface area contributed by atoms with E-state index in [1.165, 1.54) is 0 Å². The molecule has 4 rings (SSSR count). The molecule has 0 spiro atoms. The Bertz CT molecular complexity index is 1420. The number of hydrogen-bond donors (Lipinski definition) is 4. The molecule has 0 radical (unpaired) electrons. The van der Waals surface area contributed by atoms with Crippen molar-refractivity contribution in [2.75, 3.05) is 25.4 Å². The lowest BCUT2D eigenvalue weighted by atomic mass is 10.1. The molecule has 0 aliphatic heterocycles. The molecule has 0 bridgehead atoms. The van der Waals surface area contributed by atoms with E-state index in [0.29, 0.717) is 49.7 Å². The highest BCUT2D eigenvalue weighted by Gasteiger charge is 2.15. The number of nitrogen functional groups attached to an aromatic ring is 1. The van der Waals surface area contributed by atoms with Gasteiger partial charge in [-0.3, -0.25) is 14.3 Å². The van der Waals surface area contributed by atoms with Gasteiger partial charge in [0.2, 0.25) is 0 Å². The minimum Gasteiger partial charge on any atom is -0.481 e. The number of ether oxygens (including phenoxy) is 1. The lowest BCUT2D eigenvalue weighted by Gasteiger charge is -2.22. The van der Waals surface area contributed by atoms with Gasteiger partial charge in [-0.1, -0.05) is 42.8 Å². The molecule has 0 atom stereocenters. The van der Waals surface area contributed by atoms with Crippen LogP contribution in [0.5, 0.6) is 6.01 Å². The van der Waals surface area contributed by atoms with Crippen LogP contribution < -0.4 is 16.2 Å². The zero-order valence-corrected chi connectivity index (χ0v) is 22.0. The van der Waals surface area contributed by atoms with E-state index in [1.807, 2.05) is 24.3 Å². The lowest BCUT2D eigenvalue weighted by Crippen LogP contribution is -2.28. The van der Waals surface area contributed by atoms with E-state index >= 15 is 0 Å². The lowest BCUT2D eigenvalue weighted by molar-refractivity contribution is -0.136. The molecule has 3 heterocycles. The Balaban J connectivity index is 1.40. The molecular weight excluding hydrogens is 504 g/mol. The second kappa shape index (κ2) is 13.5.